The van der Waals surface area contributed by atoms with Crippen LogP contribution in [-0.4, -0.2) is 31.9 Å². The molecule has 1 fully saturated rings. The molecule has 6 heteroatoms. The van der Waals surface area contributed by atoms with E-state index < -0.39 is 9.84 Å². The Balaban J connectivity index is 2.01. The molecule has 0 N–H and O–H groups in total. The second kappa shape index (κ2) is 6.57. The molecule has 126 valence electrons. The molecule has 1 aliphatic heterocycles. The lowest BCUT2D eigenvalue weighted by Gasteiger charge is -2.29. The fourth-order valence-electron chi connectivity index (χ4n) is 2.98. The van der Waals surface area contributed by atoms with Crippen molar-refractivity contribution in [3.8, 4) is 0 Å². The van der Waals surface area contributed by atoms with Gasteiger partial charge in [-0.2, -0.15) is 0 Å². The maximum atomic E-state index is 13.1. The zero-order chi connectivity index (χ0) is 17.3. The molecular weight excluding hydrogens is 346 g/mol. The van der Waals surface area contributed by atoms with Crippen LogP contribution in [0.1, 0.15) is 22.3 Å². The van der Waals surface area contributed by atoms with E-state index in [-0.39, 0.29) is 23.5 Å². The average Bonchev–Trinajstić information content (AvgIpc) is 2.88. The SMILES string of the molecule is Cc1cccc(N(C(=O)c2ccc(Cl)cc2)[C@H]2CCS(=O)(=O)C2)c1. The standard InChI is InChI=1S/C18H18ClNO3S/c1-13-3-2-4-16(11-13)20(17-9-10-24(22,23)12-17)18(21)14-5-7-15(19)8-6-14/h2-8,11,17H,9-10,12H2,1H3/t17-/m0/s1. The van der Waals surface area contributed by atoms with Gasteiger partial charge in [0.25, 0.3) is 5.91 Å². The quantitative estimate of drug-likeness (QED) is 0.838. The zero-order valence-corrected chi connectivity index (χ0v) is 14.8. The fraction of sp³-hybridized carbons (Fsp3) is 0.278. The first kappa shape index (κ1) is 17.0. The molecule has 0 spiro atoms. The molecule has 1 amide bonds. The van der Waals surface area contributed by atoms with E-state index in [0.29, 0.717) is 17.0 Å². The van der Waals surface area contributed by atoms with Crippen LogP contribution in [0.25, 0.3) is 0 Å². The summed E-state index contributed by atoms with van der Waals surface area (Å²) in [5.41, 5.74) is 2.23. The molecule has 0 aliphatic carbocycles. The Labute approximate surface area is 147 Å². The van der Waals surface area contributed by atoms with Crippen molar-refractivity contribution in [3.05, 3.63) is 64.7 Å². The van der Waals surface area contributed by atoms with Crippen molar-refractivity contribution in [1.29, 1.82) is 0 Å². The zero-order valence-electron chi connectivity index (χ0n) is 13.3. The number of amides is 1. The van der Waals surface area contributed by atoms with Crippen molar-refractivity contribution in [2.45, 2.75) is 19.4 Å². The topological polar surface area (TPSA) is 54.5 Å². The maximum absolute atomic E-state index is 13.1. The average molecular weight is 364 g/mol. The number of carbonyl (C=O) groups excluding carboxylic acids is 1. The summed E-state index contributed by atoms with van der Waals surface area (Å²) in [6.45, 7) is 1.94. The molecule has 0 bridgehead atoms. The second-order valence-electron chi connectivity index (χ2n) is 6.08. The summed E-state index contributed by atoms with van der Waals surface area (Å²) in [4.78, 5) is 14.7. The Morgan fingerprint density at radius 1 is 1.17 bits per heavy atom. The first-order valence-electron chi connectivity index (χ1n) is 7.72. The third-order valence-corrected chi connectivity index (χ3v) is 6.17. The first-order chi connectivity index (χ1) is 11.4. The predicted molar refractivity (Wildman–Crippen MR) is 96.5 cm³/mol. The van der Waals surface area contributed by atoms with Gasteiger partial charge < -0.3 is 4.90 Å². The molecule has 2 aromatic carbocycles. The molecule has 0 aromatic heterocycles. The van der Waals surface area contributed by atoms with Gasteiger partial charge in [0.15, 0.2) is 9.84 Å². The largest absolute Gasteiger partial charge is 0.304 e. The Morgan fingerprint density at radius 3 is 2.46 bits per heavy atom. The summed E-state index contributed by atoms with van der Waals surface area (Å²) in [6, 6.07) is 13.9. The van der Waals surface area contributed by atoms with E-state index in [4.69, 9.17) is 11.6 Å². The molecule has 4 nitrogen and oxygen atoms in total. The highest BCUT2D eigenvalue weighted by atomic mass is 35.5. The minimum atomic E-state index is -3.10. The number of hydrogen-bond donors (Lipinski definition) is 0. The van der Waals surface area contributed by atoms with E-state index in [0.717, 1.165) is 11.3 Å². The van der Waals surface area contributed by atoms with Crippen LogP contribution in [0.4, 0.5) is 5.69 Å². The molecule has 1 atom stereocenters. The monoisotopic (exact) mass is 363 g/mol. The molecule has 1 aliphatic rings. The molecule has 0 saturated carbocycles. The maximum Gasteiger partial charge on any atom is 0.258 e. The van der Waals surface area contributed by atoms with Crippen LogP contribution in [-0.2, 0) is 9.84 Å². The third kappa shape index (κ3) is 3.62. The second-order valence-corrected chi connectivity index (χ2v) is 8.74. The number of nitrogens with zero attached hydrogens (tertiary/aromatic N) is 1. The van der Waals surface area contributed by atoms with Gasteiger partial charge >= 0.3 is 0 Å². The Bertz CT molecular complexity index is 862. The lowest BCUT2D eigenvalue weighted by molar-refractivity contribution is 0.0979. The number of aryl methyl sites for hydroxylation is 1. The van der Waals surface area contributed by atoms with Crippen LogP contribution in [0.15, 0.2) is 48.5 Å². The van der Waals surface area contributed by atoms with Crippen LogP contribution in [0, 0.1) is 6.92 Å². The number of carbonyl (C=O) groups is 1. The summed E-state index contributed by atoms with van der Waals surface area (Å²) in [5, 5.41) is 0.553. The van der Waals surface area contributed by atoms with E-state index in [2.05, 4.69) is 0 Å². The number of hydrogen-bond acceptors (Lipinski definition) is 3. The minimum Gasteiger partial charge on any atom is -0.304 e. The van der Waals surface area contributed by atoms with Gasteiger partial charge in [-0.1, -0.05) is 23.7 Å². The Kier molecular flexibility index (Phi) is 4.65. The predicted octanol–water partition coefficient (Wildman–Crippen LogP) is 3.48. The van der Waals surface area contributed by atoms with E-state index >= 15 is 0 Å². The molecule has 1 saturated heterocycles. The first-order valence-corrected chi connectivity index (χ1v) is 9.92. The van der Waals surface area contributed by atoms with E-state index in [1.165, 1.54) is 0 Å². The van der Waals surface area contributed by atoms with Gasteiger partial charge in [-0.05, 0) is 55.3 Å². The van der Waals surface area contributed by atoms with Gasteiger partial charge in [-0.3, -0.25) is 4.79 Å². The van der Waals surface area contributed by atoms with Crippen molar-refractivity contribution >= 4 is 33.0 Å². The molecule has 1 heterocycles. The highest BCUT2D eigenvalue weighted by Crippen LogP contribution is 2.27. The Hall–Kier alpha value is -1.85. The van der Waals surface area contributed by atoms with Gasteiger partial charge in [0.05, 0.1) is 17.5 Å². The highest BCUT2D eigenvalue weighted by Gasteiger charge is 2.35. The number of halogens is 1. The van der Waals surface area contributed by atoms with Crippen LogP contribution < -0.4 is 4.90 Å². The van der Waals surface area contributed by atoms with Crippen LogP contribution in [0.2, 0.25) is 5.02 Å². The molecule has 0 unspecified atom stereocenters. The molecule has 24 heavy (non-hydrogen) atoms. The van der Waals surface area contributed by atoms with Crippen molar-refractivity contribution < 1.29 is 13.2 Å². The lowest BCUT2D eigenvalue weighted by Crippen LogP contribution is -2.41. The molecule has 3 rings (SSSR count). The van der Waals surface area contributed by atoms with Gasteiger partial charge in [-0.15, -0.1) is 0 Å². The van der Waals surface area contributed by atoms with E-state index in [1.54, 1.807) is 29.2 Å². The summed E-state index contributed by atoms with van der Waals surface area (Å²) in [7, 11) is -3.10. The lowest BCUT2D eigenvalue weighted by atomic mass is 10.1. The van der Waals surface area contributed by atoms with Gasteiger partial charge in [0.2, 0.25) is 0 Å². The highest BCUT2D eigenvalue weighted by molar-refractivity contribution is 7.91. The van der Waals surface area contributed by atoms with Crippen LogP contribution in [0.5, 0.6) is 0 Å². The minimum absolute atomic E-state index is 0.000269. The summed E-state index contributed by atoms with van der Waals surface area (Å²) in [6.07, 6.45) is 0.454. The summed E-state index contributed by atoms with van der Waals surface area (Å²) >= 11 is 5.89. The summed E-state index contributed by atoms with van der Waals surface area (Å²) < 4.78 is 23.8. The van der Waals surface area contributed by atoms with Gasteiger partial charge in [-0.25, -0.2) is 8.42 Å². The number of benzene rings is 2. The summed E-state index contributed by atoms with van der Waals surface area (Å²) in [5.74, 6) is -0.0897. The fourth-order valence-corrected chi connectivity index (χ4v) is 4.81. The van der Waals surface area contributed by atoms with Gasteiger partial charge in [0, 0.05) is 16.3 Å². The van der Waals surface area contributed by atoms with Gasteiger partial charge in [0.1, 0.15) is 0 Å². The molecular formula is C18H18ClNO3S. The van der Waals surface area contributed by atoms with Crippen molar-refractivity contribution in [2.75, 3.05) is 16.4 Å². The van der Waals surface area contributed by atoms with Crippen LogP contribution >= 0.6 is 11.6 Å². The normalized spacial score (nSPS) is 19.2. The van der Waals surface area contributed by atoms with E-state index in [9.17, 15) is 13.2 Å². The van der Waals surface area contributed by atoms with Crippen LogP contribution in [0.3, 0.4) is 0 Å². The number of anilines is 1. The molecule has 2 aromatic rings. The third-order valence-electron chi connectivity index (χ3n) is 4.16. The smallest absolute Gasteiger partial charge is 0.258 e. The Morgan fingerprint density at radius 2 is 1.88 bits per heavy atom. The number of rotatable bonds is 3. The number of sulfone groups is 1. The van der Waals surface area contributed by atoms with E-state index in [1.807, 2.05) is 31.2 Å². The van der Waals surface area contributed by atoms with Crippen molar-refractivity contribution in [3.63, 3.8) is 0 Å². The molecule has 0 radical (unpaired) electrons. The van der Waals surface area contributed by atoms with Crippen molar-refractivity contribution in [1.82, 2.24) is 0 Å². The van der Waals surface area contributed by atoms with Crippen molar-refractivity contribution in [2.24, 2.45) is 0 Å².